The lowest BCUT2D eigenvalue weighted by Crippen LogP contribution is -2.56. The van der Waals surface area contributed by atoms with Crippen LogP contribution < -0.4 is 5.32 Å². The van der Waals surface area contributed by atoms with Crippen molar-refractivity contribution in [1.82, 2.24) is 5.32 Å². The number of carbonyl (C=O) groups is 1. The molecule has 0 amide bonds. The summed E-state index contributed by atoms with van der Waals surface area (Å²) < 4.78 is 0. The van der Waals surface area contributed by atoms with Crippen LogP contribution >= 0.6 is 0 Å². The van der Waals surface area contributed by atoms with E-state index in [2.05, 4.69) is 33.0 Å². The Hall–Kier alpha value is -0.370. The lowest BCUT2D eigenvalue weighted by atomic mass is 9.48. The van der Waals surface area contributed by atoms with Crippen molar-refractivity contribution in [3.8, 4) is 0 Å². The Morgan fingerprint density at radius 1 is 1.05 bits per heavy atom. The number of hydrogen-bond donors (Lipinski definition) is 1. The predicted molar refractivity (Wildman–Crippen MR) is 78.0 cm³/mol. The molecule has 4 aliphatic carbocycles. The van der Waals surface area contributed by atoms with Crippen molar-refractivity contribution < 1.29 is 4.79 Å². The molecule has 0 aliphatic heterocycles. The summed E-state index contributed by atoms with van der Waals surface area (Å²) in [5, 5.41) is 3.49. The maximum Gasteiger partial charge on any atom is 0.155 e. The van der Waals surface area contributed by atoms with Crippen molar-refractivity contribution in [3.05, 3.63) is 0 Å². The van der Waals surface area contributed by atoms with Gasteiger partial charge in [-0.3, -0.25) is 4.79 Å². The van der Waals surface area contributed by atoms with Gasteiger partial charge in [0.2, 0.25) is 0 Å². The highest BCUT2D eigenvalue weighted by atomic mass is 16.1. The first kappa shape index (κ1) is 13.6. The Kier molecular flexibility index (Phi) is 3.09. The molecule has 0 unspecified atom stereocenters. The molecule has 0 heterocycles. The standard InChI is InChI=1S/C17H29NO/c1-11(18-16(2,3)4)15(19)17-8-12-5-13(9-17)7-14(6-12)10-17/h11-14,18H,5-10H2,1-4H3/t11-,12?,13?,14?,17?/m0/s1. The molecule has 0 radical (unpaired) electrons. The summed E-state index contributed by atoms with van der Waals surface area (Å²) in [4.78, 5) is 13.0. The molecule has 1 atom stereocenters. The quantitative estimate of drug-likeness (QED) is 0.843. The van der Waals surface area contributed by atoms with Crippen LogP contribution in [0, 0.1) is 23.2 Å². The van der Waals surface area contributed by atoms with Crippen LogP contribution in [-0.2, 0) is 4.79 Å². The highest BCUT2D eigenvalue weighted by molar-refractivity contribution is 5.90. The number of carbonyl (C=O) groups excluding carboxylic acids is 1. The molecule has 2 heteroatoms. The predicted octanol–water partition coefficient (Wildman–Crippen LogP) is 3.55. The van der Waals surface area contributed by atoms with Gasteiger partial charge in [0.25, 0.3) is 0 Å². The highest BCUT2D eigenvalue weighted by Gasteiger charge is 2.55. The van der Waals surface area contributed by atoms with Crippen LogP contribution in [-0.4, -0.2) is 17.4 Å². The van der Waals surface area contributed by atoms with E-state index in [1.54, 1.807) is 0 Å². The molecule has 4 aliphatic rings. The molecule has 0 spiro atoms. The first-order valence-electron chi connectivity index (χ1n) is 8.09. The minimum absolute atomic E-state index is 0.0104. The second-order valence-corrected chi connectivity index (χ2v) is 8.68. The first-order chi connectivity index (χ1) is 8.77. The molecule has 4 saturated carbocycles. The van der Waals surface area contributed by atoms with E-state index >= 15 is 0 Å². The Morgan fingerprint density at radius 3 is 1.84 bits per heavy atom. The molecule has 2 nitrogen and oxygen atoms in total. The Bertz CT molecular complexity index is 344. The SMILES string of the molecule is C[C@H](NC(C)(C)C)C(=O)C12CC3CC(CC(C3)C1)C2. The molecule has 19 heavy (non-hydrogen) atoms. The van der Waals surface area contributed by atoms with Gasteiger partial charge in [-0.15, -0.1) is 0 Å². The third-order valence-corrected chi connectivity index (χ3v) is 5.60. The number of nitrogens with one attached hydrogen (secondary N) is 1. The van der Waals surface area contributed by atoms with Gasteiger partial charge in [0.1, 0.15) is 0 Å². The molecular formula is C17H29NO. The zero-order valence-electron chi connectivity index (χ0n) is 13.0. The van der Waals surface area contributed by atoms with E-state index < -0.39 is 0 Å². The summed E-state index contributed by atoms with van der Waals surface area (Å²) in [5.74, 6) is 3.09. The van der Waals surface area contributed by atoms with E-state index in [1.807, 2.05) is 0 Å². The van der Waals surface area contributed by atoms with Gasteiger partial charge in [0, 0.05) is 11.0 Å². The summed E-state index contributed by atoms with van der Waals surface area (Å²) in [6, 6.07) is 0.0104. The summed E-state index contributed by atoms with van der Waals surface area (Å²) in [6.45, 7) is 8.52. The molecule has 4 rings (SSSR count). The summed E-state index contributed by atoms with van der Waals surface area (Å²) in [6.07, 6.45) is 7.80. The van der Waals surface area contributed by atoms with E-state index in [0.717, 1.165) is 17.8 Å². The fourth-order valence-corrected chi connectivity index (χ4v) is 5.59. The minimum atomic E-state index is 0.0104. The van der Waals surface area contributed by atoms with Gasteiger partial charge >= 0.3 is 0 Å². The number of rotatable bonds is 3. The number of ketones is 1. The average Bonchev–Trinajstić information content (AvgIpc) is 2.23. The van der Waals surface area contributed by atoms with Gasteiger partial charge in [0.15, 0.2) is 5.78 Å². The number of Topliss-reactive ketones (excluding diaryl/α,β-unsaturated/α-hetero) is 1. The van der Waals surface area contributed by atoms with Gasteiger partial charge < -0.3 is 5.32 Å². The van der Waals surface area contributed by atoms with Crippen molar-refractivity contribution >= 4 is 5.78 Å². The van der Waals surface area contributed by atoms with E-state index in [-0.39, 0.29) is 17.0 Å². The Balaban J connectivity index is 1.76. The Morgan fingerprint density at radius 2 is 1.47 bits per heavy atom. The molecule has 0 aromatic heterocycles. The third-order valence-electron chi connectivity index (χ3n) is 5.60. The van der Waals surface area contributed by atoms with Gasteiger partial charge in [0.05, 0.1) is 6.04 Å². The van der Waals surface area contributed by atoms with Crippen LogP contribution in [0.15, 0.2) is 0 Å². The first-order valence-corrected chi connectivity index (χ1v) is 8.09. The summed E-state index contributed by atoms with van der Waals surface area (Å²) in [7, 11) is 0. The van der Waals surface area contributed by atoms with Crippen LogP contribution in [0.25, 0.3) is 0 Å². The summed E-state index contributed by atoms with van der Waals surface area (Å²) in [5.41, 5.74) is 0.0732. The van der Waals surface area contributed by atoms with Crippen molar-refractivity contribution in [1.29, 1.82) is 0 Å². The van der Waals surface area contributed by atoms with Crippen molar-refractivity contribution in [3.63, 3.8) is 0 Å². The van der Waals surface area contributed by atoms with Crippen LogP contribution in [0.5, 0.6) is 0 Å². The largest absolute Gasteiger partial charge is 0.303 e. The average molecular weight is 263 g/mol. The lowest BCUT2D eigenvalue weighted by Gasteiger charge is -2.56. The maximum atomic E-state index is 13.0. The Labute approximate surface area is 117 Å². The fraction of sp³-hybridized carbons (Fsp3) is 0.941. The van der Waals surface area contributed by atoms with Crippen molar-refractivity contribution in [2.75, 3.05) is 0 Å². The third kappa shape index (κ3) is 2.49. The molecule has 1 N–H and O–H groups in total. The van der Waals surface area contributed by atoms with Crippen LogP contribution in [0.3, 0.4) is 0 Å². The van der Waals surface area contributed by atoms with Crippen LogP contribution in [0.4, 0.5) is 0 Å². The molecule has 4 fully saturated rings. The normalized spacial score (nSPS) is 42.4. The second kappa shape index (κ2) is 4.31. The monoisotopic (exact) mass is 263 g/mol. The van der Waals surface area contributed by atoms with Crippen molar-refractivity contribution in [2.24, 2.45) is 23.2 Å². The van der Waals surface area contributed by atoms with Crippen molar-refractivity contribution in [2.45, 2.75) is 77.8 Å². The van der Waals surface area contributed by atoms with Gasteiger partial charge in [-0.2, -0.15) is 0 Å². The van der Waals surface area contributed by atoms with Gasteiger partial charge in [-0.1, -0.05) is 0 Å². The van der Waals surface area contributed by atoms with Gasteiger partial charge in [-0.05, 0) is 84.0 Å². The molecule has 4 bridgehead atoms. The van der Waals surface area contributed by atoms with Crippen LogP contribution in [0.2, 0.25) is 0 Å². The molecule has 0 aromatic carbocycles. The zero-order chi connectivity index (χ0) is 13.8. The smallest absolute Gasteiger partial charge is 0.155 e. The van der Waals surface area contributed by atoms with Crippen LogP contribution in [0.1, 0.15) is 66.2 Å². The topological polar surface area (TPSA) is 29.1 Å². The lowest BCUT2D eigenvalue weighted by molar-refractivity contribution is -0.146. The van der Waals surface area contributed by atoms with E-state index in [4.69, 9.17) is 0 Å². The fourth-order valence-electron chi connectivity index (χ4n) is 5.59. The highest BCUT2D eigenvalue weighted by Crippen LogP contribution is 2.60. The number of hydrogen-bond acceptors (Lipinski definition) is 2. The molecule has 0 aromatic rings. The second-order valence-electron chi connectivity index (χ2n) is 8.68. The summed E-state index contributed by atoms with van der Waals surface area (Å²) >= 11 is 0. The van der Waals surface area contributed by atoms with E-state index in [1.165, 1.54) is 38.5 Å². The van der Waals surface area contributed by atoms with E-state index in [9.17, 15) is 4.79 Å². The van der Waals surface area contributed by atoms with E-state index in [0.29, 0.717) is 5.78 Å². The minimum Gasteiger partial charge on any atom is -0.303 e. The van der Waals surface area contributed by atoms with Gasteiger partial charge in [-0.25, -0.2) is 0 Å². The molecule has 108 valence electrons. The maximum absolute atomic E-state index is 13.0. The molecule has 0 saturated heterocycles. The zero-order valence-corrected chi connectivity index (χ0v) is 13.0. The molecular weight excluding hydrogens is 234 g/mol.